The fraction of sp³-hybridized carbons (Fsp3) is 0. The highest BCUT2D eigenvalue weighted by molar-refractivity contribution is 6.18. The number of H-pyrrole nitrogens is 2. The van der Waals surface area contributed by atoms with E-state index in [-0.39, 0.29) is 0 Å². The van der Waals surface area contributed by atoms with Gasteiger partial charge in [0.25, 0.3) is 0 Å². The summed E-state index contributed by atoms with van der Waals surface area (Å²) in [6, 6.07) is 16.9. The predicted molar refractivity (Wildman–Crippen MR) is 69.9 cm³/mol. The van der Waals surface area contributed by atoms with Crippen LogP contribution < -0.4 is 4.98 Å². The maximum atomic E-state index is 3.46. The van der Waals surface area contributed by atoms with Gasteiger partial charge in [-0.15, -0.1) is 0 Å². The Balaban J connectivity index is 2.38. The molecule has 0 atom stereocenters. The first-order chi connectivity index (χ1) is 8.43. The van der Waals surface area contributed by atoms with Crippen molar-refractivity contribution in [2.24, 2.45) is 0 Å². The lowest BCUT2D eigenvalue weighted by Gasteiger charge is -1.94. The quantitative estimate of drug-likeness (QED) is 0.470. The maximum Gasteiger partial charge on any atom is 0.211 e. The van der Waals surface area contributed by atoms with E-state index < -0.39 is 0 Å². The van der Waals surface area contributed by atoms with E-state index in [2.05, 4.69) is 52.4 Å². The van der Waals surface area contributed by atoms with Crippen LogP contribution in [0.1, 0.15) is 0 Å². The van der Waals surface area contributed by atoms with E-state index in [1.807, 2.05) is 12.3 Å². The Kier molecular flexibility index (Phi) is 1.59. The highest BCUT2D eigenvalue weighted by atomic mass is 14.7. The Labute approximate surface area is 97.9 Å². The van der Waals surface area contributed by atoms with E-state index in [4.69, 9.17) is 0 Å². The van der Waals surface area contributed by atoms with Gasteiger partial charge in [0.2, 0.25) is 5.52 Å². The molecule has 0 bridgehead atoms. The van der Waals surface area contributed by atoms with Gasteiger partial charge in [0.15, 0.2) is 6.20 Å². The van der Waals surface area contributed by atoms with E-state index in [1.165, 1.54) is 32.7 Å². The zero-order valence-corrected chi connectivity index (χ0v) is 9.20. The van der Waals surface area contributed by atoms with Crippen molar-refractivity contribution in [2.45, 2.75) is 0 Å². The van der Waals surface area contributed by atoms with Crippen LogP contribution in [0, 0.1) is 0 Å². The molecule has 4 rings (SSSR count). The molecule has 0 saturated carbocycles. The molecule has 0 aliphatic heterocycles. The minimum atomic E-state index is 1.17. The number of hydrogen-bond acceptors (Lipinski definition) is 0. The molecule has 0 fully saturated rings. The molecule has 2 heteroatoms. The fourth-order valence-corrected chi connectivity index (χ4v) is 2.55. The lowest BCUT2D eigenvalue weighted by Crippen LogP contribution is -2.00. The summed E-state index contributed by atoms with van der Waals surface area (Å²) in [6.45, 7) is 0. The van der Waals surface area contributed by atoms with E-state index >= 15 is 0 Å². The fourth-order valence-electron chi connectivity index (χ4n) is 2.55. The third-order valence-electron chi connectivity index (χ3n) is 3.31. The third-order valence-corrected chi connectivity index (χ3v) is 3.31. The molecule has 0 unspecified atom stereocenters. The number of para-hydroxylation sites is 1. The highest BCUT2D eigenvalue weighted by Crippen LogP contribution is 2.30. The summed E-state index contributed by atoms with van der Waals surface area (Å²) in [4.78, 5) is 6.74. The molecule has 2 N–H and O–H groups in total. The molecule has 80 valence electrons. The summed E-state index contributed by atoms with van der Waals surface area (Å²) in [6.07, 6.45) is 1.96. The first-order valence-electron chi connectivity index (χ1n) is 5.73. The van der Waals surface area contributed by atoms with Crippen LogP contribution in [0.3, 0.4) is 0 Å². The predicted octanol–water partition coefficient (Wildman–Crippen LogP) is 3.29. The molecule has 2 aromatic heterocycles. The summed E-state index contributed by atoms with van der Waals surface area (Å²) < 4.78 is 0. The smallest absolute Gasteiger partial charge is 0.211 e. The Morgan fingerprint density at radius 3 is 2.65 bits per heavy atom. The molecule has 4 aromatic rings. The van der Waals surface area contributed by atoms with Gasteiger partial charge in [-0.3, -0.25) is 0 Å². The normalized spacial score (nSPS) is 11.5. The van der Waals surface area contributed by atoms with Gasteiger partial charge in [-0.25, -0.2) is 4.98 Å². The van der Waals surface area contributed by atoms with Gasteiger partial charge in [-0.05, 0) is 18.2 Å². The first-order valence-corrected chi connectivity index (χ1v) is 5.73. The van der Waals surface area contributed by atoms with Crippen molar-refractivity contribution < 1.29 is 4.98 Å². The Morgan fingerprint density at radius 2 is 1.65 bits per heavy atom. The van der Waals surface area contributed by atoms with Crippen molar-refractivity contribution in [3.8, 4) is 0 Å². The van der Waals surface area contributed by atoms with E-state index in [9.17, 15) is 0 Å². The highest BCUT2D eigenvalue weighted by Gasteiger charge is 2.09. The van der Waals surface area contributed by atoms with Gasteiger partial charge in [-0.1, -0.05) is 18.2 Å². The molecule has 0 aliphatic rings. The SMILES string of the molecule is c1ccc2c(c1)[nH]c1ccc3[nH+]cccc3c12. The summed E-state index contributed by atoms with van der Waals surface area (Å²) >= 11 is 0. The molecule has 0 radical (unpaired) electrons. The van der Waals surface area contributed by atoms with Crippen LogP contribution in [-0.2, 0) is 0 Å². The number of aromatic nitrogens is 2. The molecule has 2 heterocycles. The lowest BCUT2D eigenvalue weighted by atomic mass is 10.1. The molecule has 2 aromatic carbocycles. The van der Waals surface area contributed by atoms with Crippen LogP contribution in [0.5, 0.6) is 0 Å². The average Bonchev–Trinajstić information content (AvgIpc) is 2.77. The molecule has 0 amide bonds. The number of benzene rings is 2. The molecule has 0 spiro atoms. The number of fused-ring (bicyclic) bond motifs is 5. The summed E-state index contributed by atoms with van der Waals surface area (Å²) in [7, 11) is 0. The second-order valence-corrected chi connectivity index (χ2v) is 4.29. The molecule has 17 heavy (non-hydrogen) atoms. The van der Waals surface area contributed by atoms with Gasteiger partial charge < -0.3 is 4.98 Å². The van der Waals surface area contributed by atoms with Crippen LogP contribution in [0.2, 0.25) is 0 Å². The second kappa shape index (κ2) is 3.08. The minimum Gasteiger partial charge on any atom is -0.354 e. The summed E-state index contributed by atoms with van der Waals surface area (Å²) in [5.74, 6) is 0. The van der Waals surface area contributed by atoms with Gasteiger partial charge >= 0.3 is 0 Å². The Morgan fingerprint density at radius 1 is 0.765 bits per heavy atom. The van der Waals surface area contributed by atoms with Crippen molar-refractivity contribution in [3.05, 3.63) is 54.7 Å². The number of rotatable bonds is 0. The number of nitrogens with one attached hydrogen (secondary N) is 2. The molecule has 0 saturated heterocycles. The van der Waals surface area contributed by atoms with E-state index in [1.54, 1.807) is 0 Å². The Bertz CT molecular complexity index is 837. The zero-order valence-electron chi connectivity index (χ0n) is 9.20. The van der Waals surface area contributed by atoms with Crippen LogP contribution in [-0.4, -0.2) is 4.98 Å². The molecule has 2 nitrogen and oxygen atoms in total. The molecular formula is C15H11N2+. The lowest BCUT2D eigenvalue weighted by molar-refractivity contribution is -0.344. The first kappa shape index (κ1) is 8.76. The van der Waals surface area contributed by atoms with Gasteiger partial charge in [0.1, 0.15) is 0 Å². The summed E-state index contributed by atoms with van der Waals surface area (Å²) in [5.41, 5.74) is 3.56. The number of pyridine rings is 1. The zero-order chi connectivity index (χ0) is 11.2. The van der Waals surface area contributed by atoms with Crippen molar-refractivity contribution >= 4 is 32.7 Å². The van der Waals surface area contributed by atoms with Crippen LogP contribution in [0.4, 0.5) is 0 Å². The van der Waals surface area contributed by atoms with Gasteiger partial charge in [0.05, 0.1) is 5.39 Å². The Hall–Kier alpha value is -2.35. The standard InChI is InChI=1S/C15H10N2/c1-2-6-13-11(4-1)15-10-5-3-9-16-12(10)7-8-14(15)17-13/h1-9,17H/p+1. The van der Waals surface area contributed by atoms with Crippen molar-refractivity contribution in [2.75, 3.05) is 0 Å². The van der Waals surface area contributed by atoms with Gasteiger partial charge in [0, 0.05) is 33.9 Å². The van der Waals surface area contributed by atoms with Crippen LogP contribution in [0.15, 0.2) is 54.7 Å². The van der Waals surface area contributed by atoms with E-state index in [0.717, 1.165) is 0 Å². The van der Waals surface area contributed by atoms with Crippen molar-refractivity contribution in [1.29, 1.82) is 0 Å². The van der Waals surface area contributed by atoms with Crippen molar-refractivity contribution in [3.63, 3.8) is 0 Å². The maximum absolute atomic E-state index is 3.46. The minimum absolute atomic E-state index is 1.17. The second-order valence-electron chi connectivity index (χ2n) is 4.29. The van der Waals surface area contributed by atoms with Crippen LogP contribution in [0.25, 0.3) is 32.7 Å². The molecular weight excluding hydrogens is 208 g/mol. The topological polar surface area (TPSA) is 29.9 Å². The van der Waals surface area contributed by atoms with E-state index in [0.29, 0.717) is 0 Å². The summed E-state index contributed by atoms with van der Waals surface area (Å²) in [5, 5.41) is 3.85. The van der Waals surface area contributed by atoms with Crippen molar-refractivity contribution in [1.82, 2.24) is 4.98 Å². The monoisotopic (exact) mass is 219 g/mol. The number of aromatic amines is 2. The van der Waals surface area contributed by atoms with Gasteiger partial charge in [-0.2, -0.15) is 0 Å². The largest absolute Gasteiger partial charge is 0.354 e. The number of hydrogen-bond donors (Lipinski definition) is 1. The third kappa shape index (κ3) is 1.12. The van der Waals surface area contributed by atoms with Crippen LogP contribution >= 0.6 is 0 Å². The average molecular weight is 219 g/mol. The molecule has 0 aliphatic carbocycles.